The molecular formula is C30H48N4O4P2S2. The van der Waals surface area contributed by atoms with Crippen LogP contribution in [0.1, 0.15) is 77.6 Å². The average Bonchev–Trinajstić information content (AvgIpc) is 3.04. The molecule has 0 saturated heterocycles. The smallest absolute Gasteiger partial charge is 0.315 e. The lowest BCUT2D eigenvalue weighted by Gasteiger charge is -2.36. The van der Waals surface area contributed by atoms with Gasteiger partial charge >= 0.3 is 12.1 Å². The van der Waals surface area contributed by atoms with E-state index in [9.17, 15) is 18.7 Å². The van der Waals surface area contributed by atoms with Gasteiger partial charge in [-0.1, -0.05) is 102 Å². The molecule has 0 fully saturated rings. The van der Waals surface area contributed by atoms with E-state index in [0.29, 0.717) is 37.5 Å². The van der Waals surface area contributed by atoms with Gasteiger partial charge in [-0.05, 0) is 24.0 Å². The van der Waals surface area contributed by atoms with Crippen LogP contribution in [-0.2, 0) is 9.13 Å². The van der Waals surface area contributed by atoms with Crippen molar-refractivity contribution in [1.82, 2.24) is 19.2 Å². The quantitative estimate of drug-likeness (QED) is 0.130. The van der Waals surface area contributed by atoms with Gasteiger partial charge in [-0.3, -0.25) is 9.44 Å². The molecule has 2 aromatic rings. The average molecular weight is 655 g/mol. The zero-order valence-corrected chi connectivity index (χ0v) is 29.2. The van der Waals surface area contributed by atoms with Crippen molar-refractivity contribution in [3.63, 3.8) is 0 Å². The predicted molar refractivity (Wildman–Crippen MR) is 182 cm³/mol. The Labute approximate surface area is 261 Å². The lowest BCUT2D eigenvalue weighted by atomic mass is 10.0. The Kier molecular flexibility index (Phi) is 15.6. The molecule has 0 aliphatic heterocycles. The molecule has 0 bridgehead atoms. The normalized spacial score (nSPS) is 13.2. The minimum absolute atomic E-state index is 0.245. The van der Waals surface area contributed by atoms with Gasteiger partial charge in [0.15, 0.2) is 12.7 Å². The van der Waals surface area contributed by atoms with Crippen LogP contribution < -0.4 is 9.44 Å². The lowest BCUT2D eigenvalue weighted by molar-refractivity contribution is 0.146. The molecule has 2 N–H and O–H groups in total. The van der Waals surface area contributed by atoms with Gasteiger partial charge in [0, 0.05) is 60.9 Å². The molecule has 42 heavy (non-hydrogen) atoms. The van der Waals surface area contributed by atoms with Crippen molar-refractivity contribution in [2.24, 2.45) is 0 Å². The van der Waals surface area contributed by atoms with Crippen LogP contribution in [0.2, 0.25) is 0 Å². The van der Waals surface area contributed by atoms with E-state index in [1.807, 2.05) is 102 Å². The predicted octanol–water partition coefficient (Wildman–Crippen LogP) is 9.24. The lowest BCUT2D eigenvalue weighted by Crippen LogP contribution is -2.47. The number of amides is 4. The van der Waals surface area contributed by atoms with Crippen LogP contribution in [0.25, 0.3) is 0 Å². The van der Waals surface area contributed by atoms with Gasteiger partial charge in [0.05, 0.1) is 12.1 Å². The van der Waals surface area contributed by atoms with E-state index < -0.39 is 12.7 Å². The molecule has 8 nitrogen and oxygen atoms in total. The highest BCUT2D eigenvalue weighted by Gasteiger charge is 2.31. The molecule has 4 amide bonds. The van der Waals surface area contributed by atoms with Crippen LogP contribution >= 0.6 is 35.8 Å². The van der Waals surface area contributed by atoms with Gasteiger partial charge in [-0.25, -0.2) is 9.59 Å². The molecule has 234 valence electrons. The minimum Gasteiger partial charge on any atom is -0.315 e. The van der Waals surface area contributed by atoms with Gasteiger partial charge in [0.1, 0.15) is 0 Å². The third-order valence-electron chi connectivity index (χ3n) is 7.52. The van der Waals surface area contributed by atoms with Gasteiger partial charge < -0.3 is 18.9 Å². The summed E-state index contributed by atoms with van der Waals surface area (Å²) in [5, 5.41) is 0. The highest BCUT2D eigenvalue weighted by atomic mass is 32.7. The van der Waals surface area contributed by atoms with E-state index in [-0.39, 0.29) is 37.2 Å². The fourth-order valence-electron chi connectivity index (χ4n) is 4.70. The molecule has 0 aromatic heterocycles. The highest BCUT2D eigenvalue weighted by Crippen LogP contribution is 2.56. The van der Waals surface area contributed by atoms with E-state index in [1.165, 1.54) is 0 Å². The summed E-state index contributed by atoms with van der Waals surface area (Å²) in [6.45, 7) is 12.1. The monoisotopic (exact) mass is 654 g/mol. The first-order valence-corrected chi connectivity index (χ1v) is 21.9. The third kappa shape index (κ3) is 10.4. The molecule has 2 unspecified atom stereocenters. The number of nitrogens with one attached hydrogen (secondary N) is 2. The molecule has 0 spiro atoms. The molecule has 0 radical (unpaired) electrons. The number of benzene rings is 2. The van der Waals surface area contributed by atoms with E-state index in [0.717, 1.165) is 34.3 Å². The second-order valence-corrected chi connectivity index (χ2v) is 21.6. The Morgan fingerprint density at radius 2 is 0.929 bits per heavy atom. The maximum Gasteiger partial charge on any atom is 0.328 e. The molecule has 0 saturated carbocycles. The SMILES string of the molecule is CCC(c1ccccc1)N(CCN(C(=O)NSP(=O)(CC)CC)C(CC)c1ccccc1)C(=O)NSP(=O)(CC)CC. The Bertz CT molecular complexity index is 1100. The fourth-order valence-corrected chi connectivity index (χ4v) is 9.85. The number of carbonyl (C=O) groups is 2. The summed E-state index contributed by atoms with van der Waals surface area (Å²) in [5.74, 6) is 0. The van der Waals surface area contributed by atoms with Crippen molar-refractivity contribution in [3.8, 4) is 0 Å². The second-order valence-electron chi connectivity index (χ2n) is 9.95. The summed E-state index contributed by atoms with van der Waals surface area (Å²) in [5.41, 5.74) is 1.98. The second kappa shape index (κ2) is 18.1. The number of hydrogen-bond donors (Lipinski definition) is 2. The Hall–Kier alpha value is -1.86. The minimum atomic E-state index is -2.58. The molecule has 12 heteroatoms. The Balaban J connectivity index is 2.43. The van der Waals surface area contributed by atoms with Crippen molar-refractivity contribution in [1.29, 1.82) is 0 Å². The van der Waals surface area contributed by atoms with E-state index in [2.05, 4.69) is 9.44 Å². The zero-order chi connectivity index (χ0) is 31.2. The van der Waals surface area contributed by atoms with Gasteiger partial charge in [0.2, 0.25) is 0 Å². The van der Waals surface area contributed by atoms with Crippen LogP contribution in [-0.4, -0.2) is 59.6 Å². The van der Waals surface area contributed by atoms with Crippen LogP contribution in [0.5, 0.6) is 0 Å². The number of nitrogens with zero attached hydrogens (tertiary/aromatic N) is 2. The van der Waals surface area contributed by atoms with E-state index in [4.69, 9.17) is 0 Å². The first kappa shape index (κ1) is 36.3. The standard InChI is InChI=1S/C30H48N4O4P2S2/c1-7-27(25-19-15-13-16-20-25)33(29(35)31-41-39(37,9-3)10-4)23-24-34(28(8-2)26-21-17-14-18-22-26)30(36)32-42-40(38,11-5)12-6/h13-22,27-28H,7-12,23-24H2,1-6H3,(H,31,35)(H,32,36). The van der Waals surface area contributed by atoms with Crippen LogP contribution in [0.4, 0.5) is 9.59 Å². The molecule has 0 aliphatic rings. The van der Waals surface area contributed by atoms with Crippen molar-refractivity contribution in [2.45, 2.75) is 66.5 Å². The van der Waals surface area contributed by atoms with Gasteiger partial charge in [-0.2, -0.15) is 0 Å². The van der Waals surface area contributed by atoms with Crippen molar-refractivity contribution < 1.29 is 18.7 Å². The first-order valence-electron chi connectivity index (χ1n) is 14.9. The van der Waals surface area contributed by atoms with Gasteiger partial charge in [-0.15, -0.1) is 0 Å². The van der Waals surface area contributed by atoms with E-state index >= 15 is 0 Å². The number of urea groups is 2. The molecule has 2 rings (SSSR count). The summed E-state index contributed by atoms with van der Waals surface area (Å²) in [4.78, 5) is 31.0. The zero-order valence-electron chi connectivity index (χ0n) is 25.8. The van der Waals surface area contributed by atoms with Crippen molar-refractivity contribution in [2.75, 3.05) is 37.7 Å². The highest BCUT2D eigenvalue weighted by molar-refractivity contribution is 8.57. The summed E-state index contributed by atoms with van der Waals surface area (Å²) in [6.07, 6.45) is -1.87. The molecular weight excluding hydrogens is 606 g/mol. The van der Waals surface area contributed by atoms with Gasteiger partial charge in [0.25, 0.3) is 0 Å². The number of hydrogen-bond acceptors (Lipinski definition) is 6. The van der Waals surface area contributed by atoms with Crippen LogP contribution in [0, 0.1) is 0 Å². The topological polar surface area (TPSA) is 98.8 Å². The summed E-state index contributed by atoms with van der Waals surface area (Å²) in [6, 6.07) is 18.5. The third-order valence-corrected chi connectivity index (χ3v) is 18.2. The molecule has 0 heterocycles. The van der Waals surface area contributed by atoms with Crippen molar-refractivity contribution >= 4 is 47.9 Å². The summed E-state index contributed by atoms with van der Waals surface area (Å²) >= 11 is 2.07. The maximum absolute atomic E-state index is 13.7. The number of carbonyl (C=O) groups excluding carboxylic acids is 2. The largest absolute Gasteiger partial charge is 0.328 e. The molecule has 2 aromatic carbocycles. The van der Waals surface area contributed by atoms with Crippen LogP contribution in [0.15, 0.2) is 60.7 Å². The fraction of sp³-hybridized carbons (Fsp3) is 0.533. The maximum atomic E-state index is 13.7. The van der Waals surface area contributed by atoms with E-state index in [1.54, 1.807) is 9.80 Å². The molecule has 0 aliphatic carbocycles. The van der Waals surface area contributed by atoms with Crippen molar-refractivity contribution in [3.05, 3.63) is 71.8 Å². The summed E-state index contributed by atoms with van der Waals surface area (Å²) < 4.78 is 31.9. The first-order chi connectivity index (χ1) is 20.1. The molecule has 2 atom stereocenters. The Morgan fingerprint density at radius 3 is 1.19 bits per heavy atom. The van der Waals surface area contributed by atoms with Crippen LogP contribution in [0.3, 0.4) is 0 Å². The summed E-state index contributed by atoms with van der Waals surface area (Å²) in [7, 11) is 0. The number of rotatable bonds is 17. The Morgan fingerprint density at radius 1 is 0.619 bits per heavy atom.